The van der Waals surface area contributed by atoms with E-state index in [-0.39, 0.29) is 0 Å². The molecule has 0 aromatic heterocycles. The van der Waals surface area contributed by atoms with Gasteiger partial charge in [-0.15, -0.1) is 0 Å². The van der Waals surface area contributed by atoms with Crippen molar-refractivity contribution in [3.05, 3.63) is 70.8 Å². The molecule has 31 heavy (non-hydrogen) atoms. The summed E-state index contributed by atoms with van der Waals surface area (Å²) < 4.78 is 11.5. The zero-order chi connectivity index (χ0) is 21.9. The second-order valence-electron chi connectivity index (χ2n) is 8.33. The molecule has 3 rings (SSSR count). The number of hydrogen-bond acceptors (Lipinski definition) is 3. The van der Waals surface area contributed by atoms with E-state index >= 15 is 0 Å². The van der Waals surface area contributed by atoms with Gasteiger partial charge in [0.05, 0.1) is 19.3 Å². The van der Waals surface area contributed by atoms with Crippen LogP contribution >= 0.6 is 0 Å². The number of ether oxygens (including phenoxy) is 2. The predicted octanol–water partition coefficient (Wildman–Crippen LogP) is 4.55. The van der Waals surface area contributed by atoms with Gasteiger partial charge in [-0.3, -0.25) is 0 Å². The SMILES string of the molecule is CCNC(=NCc1cccc(COC2CCOCC2)c1)NCC(C)c1cccc(C)c1. The van der Waals surface area contributed by atoms with Crippen molar-refractivity contribution in [2.24, 2.45) is 4.99 Å². The van der Waals surface area contributed by atoms with Crippen LogP contribution in [0, 0.1) is 6.92 Å². The Morgan fingerprint density at radius 2 is 1.87 bits per heavy atom. The molecular formula is C26H37N3O2. The lowest BCUT2D eigenvalue weighted by molar-refractivity contribution is -0.0390. The van der Waals surface area contributed by atoms with Crippen molar-refractivity contribution in [1.82, 2.24) is 10.6 Å². The molecule has 1 aliphatic heterocycles. The summed E-state index contributed by atoms with van der Waals surface area (Å²) >= 11 is 0. The molecule has 5 heteroatoms. The second kappa shape index (κ2) is 12.5. The van der Waals surface area contributed by atoms with Gasteiger partial charge in [-0.05, 0) is 49.3 Å². The number of aryl methyl sites for hydroxylation is 1. The molecule has 2 N–H and O–H groups in total. The summed E-state index contributed by atoms with van der Waals surface area (Å²) in [4.78, 5) is 4.80. The van der Waals surface area contributed by atoms with E-state index in [0.717, 1.165) is 45.1 Å². The minimum absolute atomic E-state index is 0.315. The highest BCUT2D eigenvalue weighted by atomic mass is 16.5. The fourth-order valence-electron chi connectivity index (χ4n) is 3.73. The molecule has 168 valence electrons. The highest BCUT2D eigenvalue weighted by molar-refractivity contribution is 5.79. The minimum atomic E-state index is 0.315. The largest absolute Gasteiger partial charge is 0.381 e. The average molecular weight is 424 g/mol. The number of rotatable bonds is 9. The van der Waals surface area contributed by atoms with E-state index in [1.165, 1.54) is 22.3 Å². The van der Waals surface area contributed by atoms with Gasteiger partial charge >= 0.3 is 0 Å². The topological polar surface area (TPSA) is 54.9 Å². The third kappa shape index (κ3) is 8.00. The lowest BCUT2D eigenvalue weighted by atomic mass is 9.99. The maximum absolute atomic E-state index is 6.06. The Morgan fingerprint density at radius 1 is 1.10 bits per heavy atom. The summed E-state index contributed by atoms with van der Waals surface area (Å²) in [6, 6.07) is 17.2. The van der Waals surface area contributed by atoms with Crippen LogP contribution in [0.25, 0.3) is 0 Å². The second-order valence-corrected chi connectivity index (χ2v) is 8.33. The molecule has 0 bridgehead atoms. The molecule has 0 aliphatic carbocycles. The third-order valence-electron chi connectivity index (χ3n) is 5.60. The molecule has 0 spiro atoms. The van der Waals surface area contributed by atoms with Crippen molar-refractivity contribution in [2.75, 3.05) is 26.3 Å². The maximum atomic E-state index is 6.06. The molecule has 5 nitrogen and oxygen atoms in total. The molecule has 1 saturated heterocycles. The number of nitrogens with one attached hydrogen (secondary N) is 2. The average Bonchev–Trinajstić information content (AvgIpc) is 2.80. The minimum Gasteiger partial charge on any atom is -0.381 e. The fourth-order valence-corrected chi connectivity index (χ4v) is 3.73. The van der Waals surface area contributed by atoms with Crippen LogP contribution in [-0.2, 0) is 22.6 Å². The molecule has 2 aromatic carbocycles. The Morgan fingerprint density at radius 3 is 2.65 bits per heavy atom. The molecule has 0 saturated carbocycles. The lowest BCUT2D eigenvalue weighted by Crippen LogP contribution is -2.39. The first-order valence-corrected chi connectivity index (χ1v) is 11.5. The third-order valence-corrected chi connectivity index (χ3v) is 5.60. The van der Waals surface area contributed by atoms with Gasteiger partial charge in [0.15, 0.2) is 5.96 Å². The molecule has 2 aromatic rings. The summed E-state index contributed by atoms with van der Waals surface area (Å²) in [6.07, 6.45) is 2.29. The van der Waals surface area contributed by atoms with Crippen LogP contribution in [0.2, 0.25) is 0 Å². The lowest BCUT2D eigenvalue weighted by Gasteiger charge is -2.22. The van der Waals surface area contributed by atoms with Crippen LogP contribution in [0.4, 0.5) is 0 Å². The number of hydrogen-bond donors (Lipinski definition) is 2. The Balaban J connectivity index is 1.53. The van der Waals surface area contributed by atoms with Crippen molar-refractivity contribution in [3.63, 3.8) is 0 Å². The highest BCUT2D eigenvalue weighted by Crippen LogP contribution is 2.16. The quantitative estimate of drug-likeness (QED) is 0.459. The van der Waals surface area contributed by atoms with Gasteiger partial charge in [0.25, 0.3) is 0 Å². The van der Waals surface area contributed by atoms with Crippen LogP contribution in [0.3, 0.4) is 0 Å². The fraction of sp³-hybridized carbons (Fsp3) is 0.500. The Kier molecular flexibility index (Phi) is 9.38. The number of guanidine groups is 1. The van der Waals surface area contributed by atoms with Crippen molar-refractivity contribution in [2.45, 2.75) is 58.8 Å². The van der Waals surface area contributed by atoms with E-state index in [0.29, 0.717) is 25.2 Å². The molecular weight excluding hydrogens is 386 g/mol. The molecule has 1 fully saturated rings. The zero-order valence-electron chi connectivity index (χ0n) is 19.2. The standard InChI is InChI=1S/C26H37N3O2/c1-4-27-26(28-17-21(3)24-10-5-7-20(2)15-24)29-18-22-8-6-9-23(16-22)19-31-25-11-13-30-14-12-25/h5-10,15-16,21,25H,4,11-14,17-19H2,1-3H3,(H2,27,28,29). The first kappa shape index (κ1) is 23.3. The van der Waals surface area contributed by atoms with Gasteiger partial charge in [-0.1, -0.05) is 61.0 Å². The molecule has 0 radical (unpaired) electrons. The van der Waals surface area contributed by atoms with Gasteiger partial charge in [0.1, 0.15) is 0 Å². The van der Waals surface area contributed by atoms with Crippen molar-refractivity contribution < 1.29 is 9.47 Å². The molecule has 1 unspecified atom stereocenters. The molecule has 1 aliphatic rings. The van der Waals surface area contributed by atoms with Crippen LogP contribution in [0.5, 0.6) is 0 Å². The normalized spacial score (nSPS) is 16.2. The monoisotopic (exact) mass is 423 g/mol. The summed E-state index contributed by atoms with van der Waals surface area (Å²) in [5.74, 6) is 1.26. The predicted molar refractivity (Wildman–Crippen MR) is 127 cm³/mol. The van der Waals surface area contributed by atoms with Gasteiger partial charge in [0.2, 0.25) is 0 Å². The molecule has 0 amide bonds. The van der Waals surface area contributed by atoms with Gasteiger partial charge in [0, 0.05) is 26.3 Å². The zero-order valence-corrected chi connectivity index (χ0v) is 19.2. The van der Waals surface area contributed by atoms with Crippen molar-refractivity contribution in [1.29, 1.82) is 0 Å². The van der Waals surface area contributed by atoms with E-state index in [1.807, 2.05) is 0 Å². The molecule has 1 heterocycles. The number of aliphatic imine (C=N–C) groups is 1. The summed E-state index contributed by atoms with van der Waals surface area (Å²) in [7, 11) is 0. The Hall–Kier alpha value is -2.37. The number of benzene rings is 2. The maximum Gasteiger partial charge on any atom is 0.191 e. The van der Waals surface area contributed by atoms with E-state index in [1.54, 1.807) is 0 Å². The van der Waals surface area contributed by atoms with Gasteiger partial charge in [-0.2, -0.15) is 0 Å². The Bertz CT molecular complexity index is 831. The van der Waals surface area contributed by atoms with Crippen molar-refractivity contribution >= 4 is 5.96 Å². The van der Waals surface area contributed by atoms with E-state index in [2.05, 4.69) is 79.9 Å². The smallest absolute Gasteiger partial charge is 0.191 e. The van der Waals surface area contributed by atoms with Gasteiger partial charge in [-0.25, -0.2) is 4.99 Å². The van der Waals surface area contributed by atoms with Crippen LogP contribution < -0.4 is 10.6 Å². The summed E-state index contributed by atoms with van der Waals surface area (Å²) in [6.45, 7) is 11.1. The Labute approximate surface area is 187 Å². The summed E-state index contributed by atoms with van der Waals surface area (Å²) in [5, 5.41) is 6.85. The van der Waals surface area contributed by atoms with E-state index < -0.39 is 0 Å². The van der Waals surface area contributed by atoms with Crippen LogP contribution in [0.1, 0.15) is 54.9 Å². The highest BCUT2D eigenvalue weighted by Gasteiger charge is 2.14. The van der Waals surface area contributed by atoms with E-state index in [4.69, 9.17) is 14.5 Å². The number of nitrogens with zero attached hydrogens (tertiary/aromatic N) is 1. The first-order valence-electron chi connectivity index (χ1n) is 11.5. The van der Waals surface area contributed by atoms with Crippen LogP contribution in [0.15, 0.2) is 53.5 Å². The molecule has 1 atom stereocenters. The van der Waals surface area contributed by atoms with Gasteiger partial charge < -0.3 is 20.1 Å². The van der Waals surface area contributed by atoms with E-state index in [9.17, 15) is 0 Å². The summed E-state index contributed by atoms with van der Waals surface area (Å²) in [5.41, 5.74) is 5.04. The first-order chi connectivity index (χ1) is 15.1. The van der Waals surface area contributed by atoms with Crippen molar-refractivity contribution in [3.8, 4) is 0 Å². The van der Waals surface area contributed by atoms with Crippen LogP contribution in [-0.4, -0.2) is 38.4 Å².